The lowest BCUT2D eigenvalue weighted by Gasteiger charge is -2.17. The molecule has 1 heterocycles. The minimum absolute atomic E-state index is 0.178. The van der Waals surface area contributed by atoms with E-state index < -0.39 is 5.91 Å². The van der Waals surface area contributed by atoms with Gasteiger partial charge in [0.05, 0.1) is 17.3 Å². The Morgan fingerprint density at radius 2 is 1.95 bits per heavy atom. The van der Waals surface area contributed by atoms with Crippen LogP contribution < -0.4 is 5.73 Å². The monoisotopic (exact) mass is 293 g/mol. The van der Waals surface area contributed by atoms with Crippen molar-refractivity contribution >= 4 is 16.8 Å². The van der Waals surface area contributed by atoms with Crippen molar-refractivity contribution in [1.29, 1.82) is 0 Å². The van der Waals surface area contributed by atoms with Crippen LogP contribution in [-0.4, -0.2) is 15.7 Å². The fraction of sp³-hybridized carbons (Fsp3) is 0.222. The van der Waals surface area contributed by atoms with Crippen LogP contribution in [-0.2, 0) is 0 Å². The molecule has 0 radical (unpaired) electrons. The molecule has 22 heavy (non-hydrogen) atoms. The van der Waals surface area contributed by atoms with E-state index in [9.17, 15) is 4.79 Å². The van der Waals surface area contributed by atoms with E-state index in [1.165, 1.54) is 5.56 Å². The first-order chi connectivity index (χ1) is 10.6. The standard InChI is InChI=1S/C18H19N3O/c1-3-16(13-7-5-4-6-8-13)21-17-10-9-14(18(19)22)11-15(17)12(2)20-21/h4-11,16H,3H2,1-2H3,(H2,19,22). The molecule has 0 spiro atoms. The van der Waals surface area contributed by atoms with Crippen LogP contribution >= 0.6 is 0 Å². The number of benzene rings is 2. The predicted molar refractivity (Wildman–Crippen MR) is 87.9 cm³/mol. The molecule has 0 saturated carbocycles. The van der Waals surface area contributed by atoms with Crippen molar-refractivity contribution in [2.45, 2.75) is 26.3 Å². The summed E-state index contributed by atoms with van der Waals surface area (Å²) >= 11 is 0. The van der Waals surface area contributed by atoms with Crippen LogP contribution in [0.15, 0.2) is 48.5 Å². The van der Waals surface area contributed by atoms with Crippen molar-refractivity contribution in [2.24, 2.45) is 5.73 Å². The molecule has 2 N–H and O–H groups in total. The highest BCUT2D eigenvalue weighted by atomic mass is 16.1. The summed E-state index contributed by atoms with van der Waals surface area (Å²) in [5.74, 6) is -0.413. The molecule has 1 amide bonds. The van der Waals surface area contributed by atoms with Gasteiger partial charge >= 0.3 is 0 Å². The molecule has 0 aliphatic rings. The summed E-state index contributed by atoms with van der Waals surface area (Å²) in [7, 11) is 0. The zero-order valence-corrected chi connectivity index (χ0v) is 12.8. The molecule has 1 atom stereocenters. The number of nitrogens with zero attached hydrogens (tertiary/aromatic N) is 2. The Hall–Kier alpha value is -2.62. The molecule has 0 bridgehead atoms. The smallest absolute Gasteiger partial charge is 0.248 e. The normalized spacial score (nSPS) is 12.5. The highest BCUT2D eigenvalue weighted by Gasteiger charge is 2.17. The van der Waals surface area contributed by atoms with Crippen LogP contribution in [0, 0.1) is 6.92 Å². The summed E-state index contributed by atoms with van der Waals surface area (Å²) in [5.41, 5.74) is 9.05. The van der Waals surface area contributed by atoms with Crippen LogP contribution in [0.2, 0.25) is 0 Å². The number of aryl methyl sites for hydroxylation is 1. The number of carbonyl (C=O) groups excluding carboxylic acids is 1. The van der Waals surface area contributed by atoms with Crippen molar-refractivity contribution in [3.8, 4) is 0 Å². The van der Waals surface area contributed by atoms with Crippen LogP contribution in [0.3, 0.4) is 0 Å². The number of fused-ring (bicyclic) bond motifs is 1. The van der Waals surface area contributed by atoms with Gasteiger partial charge in [0.1, 0.15) is 0 Å². The molecule has 112 valence electrons. The fourth-order valence-corrected chi connectivity index (χ4v) is 2.91. The minimum atomic E-state index is -0.413. The number of primary amides is 1. The fourth-order valence-electron chi connectivity index (χ4n) is 2.91. The molecular weight excluding hydrogens is 274 g/mol. The minimum Gasteiger partial charge on any atom is -0.366 e. The maximum absolute atomic E-state index is 11.4. The summed E-state index contributed by atoms with van der Waals surface area (Å²) in [6.45, 7) is 4.11. The first-order valence-corrected chi connectivity index (χ1v) is 7.45. The van der Waals surface area contributed by atoms with E-state index in [1.54, 1.807) is 6.07 Å². The van der Waals surface area contributed by atoms with Crippen LogP contribution in [0.5, 0.6) is 0 Å². The number of hydrogen-bond acceptors (Lipinski definition) is 2. The lowest BCUT2D eigenvalue weighted by atomic mass is 10.0. The Morgan fingerprint density at radius 3 is 2.59 bits per heavy atom. The lowest BCUT2D eigenvalue weighted by molar-refractivity contribution is 0.100. The molecule has 0 saturated heterocycles. The van der Waals surface area contributed by atoms with E-state index in [-0.39, 0.29) is 6.04 Å². The average Bonchev–Trinajstić information content (AvgIpc) is 2.86. The third-order valence-electron chi connectivity index (χ3n) is 4.04. The molecule has 1 aromatic heterocycles. The summed E-state index contributed by atoms with van der Waals surface area (Å²) < 4.78 is 2.05. The van der Waals surface area contributed by atoms with Crippen molar-refractivity contribution in [3.63, 3.8) is 0 Å². The third kappa shape index (κ3) is 2.37. The van der Waals surface area contributed by atoms with E-state index in [0.29, 0.717) is 5.56 Å². The topological polar surface area (TPSA) is 60.9 Å². The maximum atomic E-state index is 11.4. The predicted octanol–water partition coefficient (Wildman–Crippen LogP) is 3.44. The number of aromatic nitrogens is 2. The van der Waals surface area contributed by atoms with Crippen LogP contribution in [0.4, 0.5) is 0 Å². The number of hydrogen-bond donors (Lipinski definition) is 1. The average molecular weight is 293 g/mol. The van der Waals surface area contributed by atoms with Crippen molar-refractivity contribution < 1.29 is 4.79 Å². The molecule has 0 aliphatic heterocycles. The molecule has 3 aromatic rings. The molecule has 3 rings (SSSR count). The second-order valence-electron chi connectivity index (χ2n) is 5.46. The van der Waals surface area contributed by atoms with E-state index in [1.807, 2.05) is 41.9 Å². The molecule has 2 aromatic carbocycles. The number of carbonyl (C=O) groups is 1. The summed E-state index contributed by atoms with van der Waals surface area (Å²) in [5, 5.41) is 5.68. The molecule has 0 fully saturated rings. The number of nitrogens with two attached hydrogens (primary N) is 1. The summed E-state index contributed by atoms with van der Waals surface area (Å²) in [4.78, 5) is 11.4. The Balaban J connectivity index is 2.16. The third-order valence-corrected chi connectivity index (χ3v) is 4.04. The summed E-state index contributed by atoms with van der Waals surface area (Å²) in [6.07, 6.45) is 0.942. The van der Waals surface area contributed by atoms with Crippen LogP contribution in [0.25, 0.3) is 10.9 Å². The second-order valence-corrected chi connectivity index (χ2v) is 5.46. The zero-order chi connectivity index (χ0) is 15.7. The van der Waals surface area contributed by atoms with Gasteiger partial charge in [-0.3, -0.25) is 9.48 Å². The SMILES string of the molecule is CCC(c1ccccc1)n1nc(C)c2cc(C(N)=O)ccc21. The Morgan fingerprint density at radius 1 is 1.23 bits per heavy atom. The van der Waals surface area contributed by atoms with Gasteiger partial charge in [-0.15, -0.1) is 0 Å². The highest BCUT2D eigenvalue weighted by molar-refractivity contribution is 5.97. The van der Waals surface area contributed by atoms with Crippen LogP contribution in [0.1, 0.15) is 41.0 Å². The van der Waals surface area contributed by atoms with Gasteiger partial charge in [0.2, 0.25) is 5.91 Å². The Bertz CT molecular complexity index is 821. The van der Waals surface area contributed by atoms with Gasteiger partial charge in [-0.1, -0.05) is 37.3 Å². The zero-order valence-electron chi connectivity index (χ0n) is 12.8. The van der Waals surface area contributed by atoms with Gasteiger partial charge in [0.25, 0.3) is 0 Å². The largest absolute Gasteiger partial charge is 0.366 e. The lowest BCUT2D eigenvalue weighted by Crippen LogP contribution is -2.12. The first-order valence-electron chi connectivity index (χ1n) is 7.45. The Kier molecular flexibility index (Phi) is 3.67. The Labute approximate surface area is 129 Å². The van der Waals surface area contributed by atoms with Gasteiger partial charge in [-0.05, 0) is 37.1 Å². The quantitative estimate of drug-likeness (QED) is 0.801. The van der Waals surface area contributed by atoms with E-state index >= 15 is 0 Å². The van der Waals surface area contributed by atoms with Gasteiger partial charge < -0.3 is 5.73 Å². The highest BCUT2D eigenvalue weighted by Crippen LogP contribution is 2.28. The maximum Gasteiger partial charge on any atom is 0.248 e. The molecule has 1 unspecified atom stereocenters. The number of rotatable bonds is 4. The van der Waals surface area contributed by atoms with Crippen molar-refractivity contribution in [2.75, 3.05) is 0 Å². The molecule has 0 aliphatic carbocycles. The molecule has 4 heteroatoms. The summed E-state index contributed by atoms with van der Waals surface area (Å²) in [6, 6.07) is 16.0. The van der Waals surface area contributed by atoms with E-state index in [4.69, 9.17) is 10.8 Å². The van der Waals surface area contributed by atoms with Gasteiger partial charge in [0.15, 0.2) is 0 Å². The molecular formula is C18H19N3O. The number of amides is 1. The first kappa shape index (κ1) is 14.3. The van der Waals surface area contributed by atoms with Gasteiger partial charge in [0, 0.05) is 10.9 Å². The molecule has 4 nitrogen and oxygen atoms in total. The van der Waals surface area contributed by atoms with Gasteiger partial charge in [-0.25, -0.2) is 0 Å². The second kappa shape index (κ2) is 5.64. The van der Waals surface area contributed by atoms with Crippen molar-refractivity contribution in [3.05, 3.63) is 65.4 Å². The van der Waals surface area contributed by atoms with E-state index in [0.717, 1.165) is 23.0 Å². The van der Waals surface area contributed by atoms with Crippen molar-refractivity contribution in [1.82, 2.24) is 9.78 Å². The van der Waals surface area contributed by atoms with E-state index in [2.05, 4.69) is 19.1 Å². The van der Waals surface area contributed by atoms with Gasteiger partial charge in [-0.2, -0.15) is 5.10 Å².